The molecule has 0 heterocycles. The maximum atomic E-state index is 12.5. The molecule has 2 aromatic rings. The minimum absolute atomic E-state index is 0.155. The SMILES string of the molecule is CC[C@@H](Oc1cc(C)cc(C)c1)C(=O)Nc1ccc(Cl)cc1C. The molecule has 1 N–H and O–H groups in total. The molecule has 0 bridgehead atoms. The zero-order valence-electron chi connectivity index (χ0n) is 13.9. The van der Waals surface area contributed by atoms with Crippen LogP contribution in [0.3, 0.4) is 0 Å². The van der Waals surface area contributed by atoms with Gasteiger partial charge in [0.25, 0.3) is 5.91 Å². The lowest BCUT2D eigenvalue weighted by Gasteiger charge is -2.19. The van der Waals surface area contributed by atoms with Crippen molar-refractivity contribution in [2.45, 2.75) is 40.2 Å². The molecule has 23 heavy (non-hydrogen) atoms. The molecular weight excluding hydrogens is 310 g/mol. The third-order valence-corrected chi connectivity index (χ3v) is 3.82. The second-order valence-corrected chi connectivity index (χ2v) is 6.22. The summed E-state index contributed by atoms with van der Waals surface area (Å²) >= 11 is 5.94. The predicted molar refractivity (Wildman–Crippen MR) is 95.4 cm³/mol. The van der Waals surface area contributed by atoms with Gasteiger partial charge in [0.05, 0.1) is 0 Å². The predicted octanol–water partition coefficient (Wildman–Crippen LogP) is 5.06. The molecule has 0 radical (unpaired) electrons. The number of aryl methyl sites for hydroxylation is 3. The molecule has 2 rings (SSSR count). The number of benzene rings is 2. The Morgan fingerprint density at radius 1 is 1.13 bits per heavy atom. The highest BCUT2D eigenvalue weighted by molar-refractivity contribution is 6.30. The number of nitrogens with one attached hydrogen (secondary N) is 1. The summed E-state index contributed by atoms with van der Waals surface area (Å²) in [6.45, 7) is 7.87. The van der Waals surface area contributed by atoms with Crippen LogP contribution in [-0.4, -0.2) is 12.0 Å². The van der Waals surface area contributed by atoms with E-state index >= 15 is 0 Å². The summed E-state index contributed by atoms with van der Waals surface area (Å²) in [7, 11) is 0. The van der Waals surface area contributed by atoms with Crippen LogP contribution >= 0.6 is 11.6 Å². The standard InChI is InChI=1S/C19H22ClNO2/c1-5-18(23-16-9-12(2)8-13(3)10-16)19(22)21-17-7-6-15(20)11-14(17)4/h6-11,18H,5H2,1-4H3,(H,21,22)/t18-/m1/s1. The van der Waals surface area contributed by atoms with Crippen molar-refractivity contribution in [1.29, 1.82) is 0 Å². The van der Waals surface area contributed by atoms with Gasteiger partial charge in [-0.2, -0.15) is 0 Å². The van der Waals surface area contributed by atoms with E-state index in [1.165, 1.54) is 0 Å². The fourth-order valence-electron chi connectivity index (χ4n) is 2.47. The van der Waals surface area contributed by atoms with Crippen molar-refractivity contribution in [2.24, 2.45) is 0 Å². The Labute approximate surface area is 142 Å². The second kappa shape index (κ2) is 7.51. The smallest absolute Gasteiger partial charge is 0.265 e. The van der Waals surface area contributed by atoms with E-state index in [4.69, 9.17) is 16.3 Å². The fourth-order valence-corrected chi connectivity index (χ4v) is 2.69. The van der Waals surface area contributed by atoms with E-state index in [2.05, 4.69) is 11.4 Å². The molecule has 0 aliphatic carbocycles. The first-order chi connectivity index (χ1) is 10.9. The van der Waals surface area contributed by atoms with E-state index in [0.29, 0.717) is 11.4 Å². The van der Waals surface area contributed by atoms with Crippen LogP contribution in [0.2, 0.25) is 5.02 Å². The maximum Gasteiger partial charge on any atom is 0.265 e. The van der Waals surface area contributed by atoms with Gasteiger partial charge in [0, 0.05) is 10.7 Å². The van der Waals surface area contributed by atoms with Gasteiger partial charge >= 0.3 is 0 Å². The Morgan fingerprint density at radius 2 is 1.78 bits per heavy atom. The highest BCUT2D eigenvalue weighted by atomic mass is 35.5. The van der Waals surface area contributed by atoms with Gasteiger partial charge < -0.3 is 10.1 Å². The number of anilines is 1. The van der Waals surface area contributed by atoms with E-state index in [9.17, 15) is 4.79 Å². The number of carbonyl (C=O) groups is 1. The van der Waals surface area contributed by atoms with Gasteiger partial charge in [0.1, 0.15) is 5.75 Å². The summed E-state index contributed by atoms with van der Waals surface area (Å²) in [4.78, 5) is 12.5. The number of hydrogen-bond donors (Lipinski definition) is 1. The Morgan fingerprint density at radius 3 is 2.35 bits per heavy atom. The summed E-state index contributed by atoms with van der Waals surface area (Å²) in [6, 6.07) is 11.3. The van der Waals surface area contributed by atoms with Crippen LogP contribution in [0.5, 0.6) is 5.75 Å². The number of rotatable bonds is 5. The largest absolute Gasteiger partial charge is 0.481 e. The van der Waals surface area contributed by atoms with Gasteiger partial charge in [-0.1, -0.05) is 24.6 Å². The fraction of sp³-hybridized carbons (Fsp3) is 0.316. The molecule has 0 aliphatic rings. The number of ether oxygens (including phenoxy) is 1. The third-order valence-electron chi connectivity index (χ3n) is 3.58. The molecule has 0 saturated heterocycles. The molecule has 0 saturated carbocycles. The zero-order valence-corrected chi connectivity index (χ0v) is 14.7. The first-order valence-corrected chi connectivity index (χ1v) is 8.09. The highest BCUT2D eigenvalue weighted by Gasteiger charge is 2.19. The molecule has 3 nitrogen and oxygen atoms in total. The summed E-state index contributed by atoms with van der Waals surface area (Å²) in [5.41, 5.74) is 3.90. The highest BCUT2D eigenvalue weighted by Crippen LogP contribution is 2.22. The van der Waals surface area contributed by atoms with Crippen molar-refractivity contribution in [3.8, 4) is 5.75 Å². The summed E-state index contributed by atoms with van der Waals surface area (Å²) in [6.07, 6.45) is 0.0529. The first kappa shape index (κ1) is 17.4. The van der Waals surface area contributed by atoms with E-state index in [1.54, 1.807) is 12.1 Å². The Balaban J connectivity index is 2.12. The molecule has 4 heteroatoms. The van der Waals surface area contributed by atoms with Crippen LogP contribution in [0.4, 0.5) is 5.69 Å². The molecule has 0 fully saturated rings. The Bertz CT molecular complexity index is 692. The molecule has 122 valence electrons. The maximum absolute atomic E-state index is 12.5. The average Bonchev–Trinajstić information content (AvgIpc) is 2.46. The molecule has 1 amide bonds. The number of amides is 1. The zero-order chi connectivity index (χ0) is 17.0. The molecule has 1 atom stereocenters. The van der Waals surface area contributed by atoms with Crippen molar-refractivity contribution < 1.29 is 9.53 Å². The van der Waals surface area contributed by atoms with E-state index in [-0.39, 0.29) is 5.91 Å². The average molecular weight is 332 g/mol. The van der Waals surface area contributed by atoms with Crippen molar-refractivity contribution >= 4 is 23.2 Å². The monoisotopic (exact) mass is 331 g/mol. The number of carbonyl (C=O) groups excluding carboxylic acids is 1. The Hall–Kier alpha value is -2.00. The van der Waals surface area contributed by atoms with Crippen molar-refractivity contribution in [1.82, 2.24) is 0 Å². The number of hydrogen-bond acceptors (Lipinski definition) is 2. The minimum atomic E-state index is -0.536. The summed E-state index contributed by atoms with van der Waals surface area (Å²) < 4.78 is 5.88. The van der Waals surface area contributed by atoms with Crippen molar-refractivity contribution in [2.75, 3.05) is 5.32 Å². The molecule has 0 aliphatic heterocycles. The summed E-state index contributed by atoms with van der Waals surface area (Å²) in [5, 5.41) is 3.57. The lowest BCUT2D eigenvalue weighted by atomic mass is 10.1. The lowest BCUT2D eigenvalue weighted by Crippen LogP contribution is -2.32. The molecule has 0 aromatic heterocycles. The third kappa shape index (κ3) is 4.73. The van der Waals surface area contributed by atoms with Crippen LogP contribution in [0.1, 0.15) is 30.0 Å². The molecule has 0 spiro atoms. The van der Waals surface area contributed by atoms with Crippen LogP contribution in [0, 0.1) is 20.8 Å². The van der Waals surface area contributed by atoms with Gasteiger partial charge in [-0.25, -0.2) is 0 Å². The van der Waals surface area contributed by atoms with Gasteiger partial charge in [-0.15, -0.1) is 0 Å². The normalized spacial score (nSPS) is 11.9. The van der Waals surface area contributed by atoms with Crippen LogP contribution in [0.15, 0.2) is 36.4 Å². The summed E-state index contributed by atoms with van der Waals surface area (Å²) in [5.74, 6) is 0.564. The van der Waals surface area contributed by atoms with E-state index in [1.807, 2.05) is 45.9 Å². The molecular formula is C19H22ClNO2. The van der Waals surface area contributed by atoms with E-state index in [0.717, 1.165) is 28.1 Å². The van der Waals surface area contributed by atoms with Crippen molar-refractivity contribution in [3.63, 3.8) is 0 Å². The van der Waals surface area contributed by atoms with Crippen LogP contribution < -0.4 is 10.1 Å². The Kier molecular flexibility index (Phi) is 5.67. The molecule has 0 unspecified atom stereocenters. The minimum Gasteiger partial charge on any atom is -0.481 e. The van der Waals surface area contributed by atoms with E-state index < -0.39 is 6.10 Å². The van der Waals surface area contributed by atoms with Gasteiger partial charge in [0.15, 0.2) is 6.10 Å². The van der Waals surface area contributed by atoms with Crippen LogP contribution in [-0.2, 0) is 4.79 Å². The van der Waals surface area contributed by atoms with Gasteiger partial charge in [-0.3, -0.25) is 4.79 Å². The van der Waals surface area contributed by atoms with Gasteiger partial charge in [-0.05, 0) is 74.2 Å². The molecule has 2 aromatic carbocycles. The second-order valence-electron chi connectivity index (χ2n) is 5.79. The topological polar surface area (TPSA) is 38.3 Å². The first-order valence-electron chi connectivity index (χ1n) is 7.71. The van der Waals surface area contributed by atoms with Crippen LogP contribution in [0.25, 0.3) is 0 Å². The van der Waals surface area contributed by atoms with Crippen molar-refractivity contribution in [3.05, 3.63) is 58.1 Å². The number of halogens is 1. The quantitative estimate of drug-likeness (QED) is 0.831. The lowest BCUT2D eigenvalue weighted by molar-refractivity contribution is -0.122. The van der Waals surface area contributed by atoms with Gasteiger partial charge in [0.2, 0.25) is 0 Å².